The predicted octanol–water partition coefficient (Wildman–Crippen LogP) is 2.11. The van der Waals surface area contributed by atoms with Gasteiger partial charge in [-0.15, -0.1) is 0 Å². The zero-order chi connectivity index (χ0) is 14.8. The number of nitrogens with zero attached hydrogens (tertiary/aromatic N) is 1. The Morgan fingerprint density at radius 2 is 1.68 bits per heavy atom. The van der Waals surface area contributed by atoms with Crippen LogP contribution in [0.1, 0.15) is 33.3 Å². The lowest BCUT2D eigenvalue weighted by Gasteiger charge is -2.28. The van der Waals surface area contributed by atoms with E-state index in [1.165, 1.54) is 31.2 Å². The summed E-state index contributed by atoms with van der Waals surface area (Å²) < 4.78 is 5.24. The lowest BCUT2D eigenvalue weighted by Crippen LogP contribution is -2.45. The summed E-state index contributed by atoms with van der Waals surface area (Å²) in [5, 5.41) is 10.6. The number of nitrogens with two attached hydrogens (primary N) is 1. The van der Waals surface area contributed by atoms with Crippen molar-refractivity contribution >= 4 is 11.7 Å². The number of nitro groups is 1. The van der Waals surface area contributed by atoms with Crippen LogP contribution in [0.2, 0.25) is 0 Å². The molecule has 0 saturated carbocycles. The Bertz CT molecular complexity index is 486. The van der Waals surface area contributed by atoms with Crippen LogP contribution in [0.15, 0.2) is 24.3 Å². The van der Waals surface area contributed by atoms with Gasteiger partial charge in [-0.05, 0) is 45.4 Å². The molecule has 0 aromatic heterocycles. The third kappa shape index (κ3) is 3.75. The molecule has 0 heterocycles. The van der Waals surface area contributed by atoms with Crippen molar-refractivity contribution in [3.05, 3.63) is 39.9 Å². The summed E-state index contributed by atoms with van der Waals surface area (Å²) in [5.74, 6) is -0.575. The second kappa shape index (κ2) is 4.97. The highest BCUT2D eigenvalue weighted by Gasteiger charge is 2.35. The standard InChI is InChI=1S/C13H18N2O4/c1-12(2,3)19-11(16)13(4,14)9-5-7-10(8-6-9)15(17)18/h5-8H,14H2,1-4H3/t13-/m1/s1. The number of nitro benzene ring substituents is 1. The quantitative estimate of drug-likeness (QED) is 0.513. The SMILES string of the molecule is CC(C)(C)OC(=O)[C@](C)(N)c1ccc([N+](=O)[O-])cc1. The number of benzene rings is 1. The van der Waals surface area contributed by atoms with Gasteiger partial charge in [0.2, 0.25) is 0 Å². The van der Waals surface area contributed by atoms with Crippen LogP contribution in [0.5, 0.6) is 0 Å². The molecule has 0 aliphatic rings. The lowest BCUT2D eigenvalue weighted by atomic mass is 9.93. The number of hydrogen-bond donors (Lipinski definition) is 1. The minimum absolute atomic E-state index is 0.0521. The third-order valence-electron chi connectivity index (χ3n) is 2.50. The maximum atomic E-state index is 12.0. The molecule has 0 radical (unpaired) electrons. The van der Waals surface area contributed by atoms with Crippen molar-refractivity contribution in [1.82, 2.24) is 0 Å². The summed E-state index contributed by atoms with van der Waals surface area (Å²) in [6.07, 6.45) is 0. The van der Waals surface area contributed by atoms with E-state index in [4.69, 9.17) is 10.5 Å². The largest absolute Gasteiger partial charge is 0.458 e. The van der Waals surface area contributed by atoms with E-state index in [2.05, 4.69) is 0 Å². The second-order valence-corrected chi connectivity index (χ2v) is 5.51. The molecule has 6 nitrogen and oxygen atoms in total. The van der Waals surface area contributed by atoms with Crippen molar-refractivity contribution in [2.24, 2.45) is 5.73 Å². The molecule has 6 heteroatoms. The highest BCUT2D eigenvalue weighted by atomic mass is 16.6. The number of carbonyl (C=O) groups excluding carboxylic acids is 1. The molecule has 0 saturated heterocycles. The summed E-state index contributed by atoms with van der Waals surface area (Å²) in [4.78, 5) is 22.1. The van der Waals surface area contributed by atoms with Gasteiger partial charge in [0.1, 0.15) is 11.1 Å². The minimum atomic E-state index is -1.34. The maximum Gasteiger partial charge on any atom is 0.331 e. The number of carbonyl (C=O) groups is 1. The van der Waals surface area contributed by atoms with E-state index in [1.54, 1.807) is 20.8 Å². The van der Waals surface area contributed by atoms with Gasteiger partial charge >= 0.3 is 5.97 Å². The van der Waals surface area contributed by atoms with E-state index < -0.39 is 22.0 Å². The summed E-state index contributed by atoms with van der Waals surface area (Å²) >= 11 is 0. The first-order chi connectivity index (χ1) is 8.54. The molecule has 0 spiro atoms. The average molecular weight is 266 g/mol. The van der Waals surface area contributed by atoms with Gasteiger partial charge < -0.3 is 10.5 Å². The molecule has 0 fully saturated rings. The zero-order valence-corrected chi connectivity index (χ0v) is 11.5. The van der Waals surface area contributed by atoms with Crippen LogP contribution in [0.4, 0.5) is 5.69 Å². The van der Waals surface area contributed by atoms with Crippen molar-refractivity contribution < 1.29 is 14.5 Å². The maximum absolute atomic E-state index is 12.0. The molecular weight excluding hydrogens is 248 g/mol. The molecule has 1 atom stereocenters. The Hall–Kier alpha value is -1.95. The van der Waals surface area contributed by atoms with Crippen LogP contribution in [0.25, 0.3) is 0 Å². The van der Waals surface area contributed by atoms with Gasteiger partial charge in [0.25, 0.3) is 5.69 Å². The first kappa shape index (κ1) is 15.1. The Morgan fingerprint density at radius 3 is 2.05 bits per heavy atom. The predicted molar refractivity (Wildman–Crippen MR) is 70.5 cm³/mol. The summed E-state index contributed by atoms with van der Waals surface area (Å²) in [5.41, 5.74) is 4.40. The van der Waals surface area contributed by atoms with Gasteiger partial charge in [0.05, 0.1) is 4.92 Å². The van der Waals surface area contributed by atoms with Crippen molar-refractivity contribution in [1.29, 1.82) is 0 Å². The molecule has 0 unspecified atom stereocenters. The first-order valence-electron chi connectivity index (χ1n) is 5.81. The molecule has 0 bridgehead atoms. The Morgan fingerprint density at radius 1 is 1.21 bits per heavy atom. The van der Waals surface area contributed by atoms with Crippen molar-refractivity contribution in [3.8, 4) is 0 Å². The van der Waals surface area contributed by atoms with Crippen LogP contribution >= 0.6 is 0 Å². The molecule has 1 aromatic rings. The Kier molecular flexibility index (Phi) is 3.95. The summed E-state index contributed by atoms with van der Waals surface area (Å²) in [6.45, 7) is 6.76. The first-order valence-corrected chi connectivity index (χ1v) is 5.81. The second-order valence-electron chi connectivity index (χ2n) is 5.51. The fourth-order valence-electron chi connectivity index (χ4n) is 1.43. The number of non-ortho nitro benzene ring substituents is 1. The molecule has 0 aliphatic carbocycles. The number of rotatable bonds is 3. The van der Waals surface area contributed by atoms with Gasteiger partial charge in [-0.2, -0.15) is 0 Å². The minimum Gasteiger partial charge on any atom is -0.458 e. The molecule has 19 heavy (non-hydrogen) atoms. The number of ether oxygens (including phenoxy) is 1. The van der Waals surface area contributed by atoms with Crippen molar-refractivity contribution in [2.75, 3.05) is 0 Å². The molecule has 1 aromatic carbocycles. The van der Waals surface area contributed by atoms with E-state index in [-0.39, 0.29) is 5.69 Å². The molecule has 0 aliphatic heterocycles. The zero-order valence-electron chi connectivity index (χ0n) is 11.5. The normalized spacial score (nSPS) is 14.6. The molecular formula is C13H18N2O4. The van der Waals surface area contributed by atoms with Gasteiger partial charge in [-0.25, -0.2) is 4.79 Å². The van der Waals surface area contributed by atoms with Crippen LogP contribution in [0, 0.1) is 10.1 Å². The third-order valence-corrected chi connectivity index (χ3v) is 2.50. The van der Waals surface area contributed by atoms with E-state index in [0.29, 0.717) is 5.56 Å². The van der Waals surface area contributed by atoms with Crippen LogP contribution in [0.3, 0.4) is 0 Å². The highest BCUT2D eigenvalue weighted by molar-refractivity contribution is 5.82. The van der Waals surface area contributed by atoms with E-state index in [9.17, 15) is 14.9 Å². The van der Waals surface area contributed by atoms with Gasteiger partial charge in [-0.1, -0.05) is 0 Å². The average Bonchev–Trinajstić information content (AvgIpc) is 2.26. The van der Waals surface area contributed by atoms with Crippen molar-refractivity contribution in [3.63, 3.8) is 0 Å². The fraction of sp³-hybridized carbons (Fsp3) is 0.462. The molecule has 104 valence electrons. The Balaban J connectivity index is 2.99. The van der Waals surface area contributed by atoms with Crippen LogP contribution < -0.4 is 5.73 Å². The summed E-state index contributed by atoms with van der Waals surface area (Å²) in [6, 6.07) is 5.54. The lowest BCUT2D eigenvalue weighted by molar-refractivity contribution is -0.384. The van der Waals surface area contributed by atoms with Crippen LogP contribution in [-0.4, -0.2) is 16.5 Å². The van der Waals surface area contributed by atoms with Gasteiger partial charge in [-0.3, -0.25) is 10.1 Å². The topological polar surface area (TPSA) is 95.5 Å². The fourth-order valence-corrected chi connectivity index (χ4v) is 1.43. The number of esters is 1. The van der Waals surface area contributed by atoms with E-state index >= 15 is 0 Å². The molecule has 2 N–H and O–H groups in total. The monoisotopic (exact) mass is 266 g/mol. The Labute approximate surface area is 111 Å². The summed E-state index contributed by atoms with van der Waals surface area (Å²) in [7, 11) is 0. The van der Waals surface area contributed by atoms with Crippen LogP contribution in [-0.2, 0) is 15.1 Å². The van der Waals surface area contributed by atoms with E-state index in [1.807, 2.05) is 0 Å². The van der Waals surface area contributed by atoms with Crippen molar-refractivity contribution in [2.45, 2.75) is 38.8 Å². The van der Waals surface area contributed by atoms with Gasteiger partial charge in [0.15, 0.2) is 0 Å². The smallest absolute Gasteiger partial charge is 0.331 e. The van der Waals surface area contributed by atoms with E-state index in [0.717, 1.165) is 0 Å². The number of hydrogen-bond acceptors (Lipinski definition) is 5. The molecule has 1 rings (SSSR count). The van der Waals surface area contributed by atoms with Gasteiger partial charge in [0, 0.05) is 12.1 Å². The highest BCUT2D eigenvalue weighted by Crippen LogP contribution is 2.24. The molecule has 0 amide bonds.